The predicted octanol–water partition coefficient (Wildman–Crippen LogP) is 11.2. The summed E-state index contributed by atoms with van der Waals surface area (Å²) < 4.78 is 0. The standard InChI is InChI=1S/C21H42.C4H8.9CH2O3/c1-5-9-13-18-17-19(14-10-6-2)21(16-12-8-4)20(18)15-11-7-3;1-2-4-3-1;9*2-1(3)4/h18-21H,5-17H2,1-4H3;1-4H2;9*(H2,2,3,4). The molecule has 2 fully saturated rings. The van der Waals surface area contributed by atoms with E-state index >= 15 is 0 Å². The molecule has 61 heavy (non-hydrogen) atoms. The van der Waals surface area contributed by atoms with Gasteiger partial charge < -0.3 is 91.9 Å². The van der Waals surface area contributed by atoms with E-state index in [1.165, 1.54) is 103 Å². The van der Waals surface area contributed by atoms with Crippen LogP contribution in [-0.4, -0.2) is 147 Å². The van der Waals surface area contributed by atoms with Gasteiger partial charge in [-0.05, 0) is 42.9 Å². The SMILES string of the molecule is C1CCC1.CCCCC1CC(CCCC)C(CCCC)C1CCCC.O=C(O)O.O=C(O)O.O=C(O)O.O=C(O)O.O=C(O)O.O=C(O)O.O=C(O)O.O=C(O)O.O=C(O)O. The highest BCUT2D eigenvalue weighted by Gasteiger charge is 2.40. The molecular weight excluding hydrogens is 840 g/mol. The molecule has 0 heterocycles. The molecule has 2 aliphatic rings. The Morgan fingerprint density at radius 3 is 0.541 bits per heavy atom. The molecule has 4 unspecified atom stereocenters. The third kappa shape index (κ3) is 163. The van der Waals surface area contributed by atoms with Crippen LogP contribution in [0.4, 0.5) is 43.2 Å². The third-order valence-electron chi connectivity index (χ3n) is 7.01. The van der Waals surface area contributed by atoms with Gasteiger partial charge in [0.1, 0.15) is 0 Å². The van der Waals surface area contributed by atoms with Crippen molar-refractivity contribution in [1.29, 1.82) is 0 Å². The molecule has 27 heteroatoms. The number of hydrogen-bond donors (Lipinski definition) is 18. The molecule has 0 aromatic heterocycles. The topological polar surface area (TPSA) is 518 Å². The summed E-state index contributed by atoms with van der Waals surface area (Å²) in [6.07, 6.45) is 8.59. The summed E-state index contributed by atoms with van der Waals surface area (Å²) >= 11 is 0. The molecular formula is C34H68O27. The maximum atomic E-state index is 8.56. The summed E-state index contributed by atoms with van der Waals surface area (Å²) in [5.41, 5.74) is 0. The Morgan fingerprint density at radius 1 is 0.295 bits per heavy atom. The van der Waals surface area contributed by atoms with Gasteiger partial charge in [-0.25, -0.2) is 43.2 Å². The molecule has 2 rings (SSSR count). The number of unbranched alkanes of at least 4 members (excludes halogenated alkanes) is 4. The maximum absolute atomic E-state index is 8.56. The number of hydrogen-bond acceptors (Lipinski definition) is 9. The molecule has 2 saturated carbocycles. The molecule has 18 N–H and O–H groups in total. The molecule has 0 aliphatic heterocycles. The summed E-state index contributed by atoms with van der Waals surface area (Å²) in [7, 11) is 0. The van der Waals surface area contributed by atoms with E-state index in [0.717, 1.165) is 23.7 Å². The third-order valence-corrected chi connectivity index (χ3v) is 7.01. The van der Waals surface area contributed by atoms with E-state index in [0.29, 0.717) is 0 Å². The van der Waals surface area contributed by atoms with Gasteiger partial charge in [0, 0.05) is 0 Å². The van der Waals surface area contributed by atoms with Crippen LogP contribution in [0, 0.1) is 23.7 Å². The summed E-state index contributed by atoms with van der Waals surface area (Å²) in [5, 5.41) is 126. The van der Waals surface area contributed by atoms with Crippen molar-refractivity contribution in [1.82, 2.24) is 0 Å². The molecule has 2 aliphatic carbocycles. The van der Waals surface area contributed by atoms with Crippen LogP contribution in [0.25, 0.3) is 0 Å². The minimum Gasteiger partial charge on any atom is -0.450 e. The first-order valence-corrected chi connectivity index (χ1v) is 18.1. The molecule has 0 radical (unpaired) electrons. The van der Waals surface area contributed by atoms with Gasteiger partial charge >= 0.3 is 55.4 Å². The summed E-state index contributed by atoms with van der Waals surface area (Å²) in [6.45, 7) is 9.45. The zero-order valence-electron chi connectivity index (χ0n) is 34.6. The zero-order valence-corrected chi connectivity index (χ0v) is 34.6. The average Bonchev–Trinajstić information content (AvgIpc) is 3.33. The zero-order chi connectivity index (χ0) is 50.5. The monoisotopic (exact) mass is 908 g/mol. The Hall–Kier alpha value is -6.57. The highest BCUT2D eigenvalue weighted by molar-refractivity contribution is 5.55. The Kier molecular flexibility index (Phi) is 74.2. The van der Waals surface area contributed by atoms with Crippen LogP contribution in [-0.2, 0) is 0 Å². The molecule has 366 valence electrons. The predicted molar refractivity (Wildman–Crippen MR) is 211 cm³/mol. The van der Waals surface area contributed by atoms with Crippen LogP contribution in [0.5, 0.6) is 0 Å². The molecule has 0 saturated heterocycles. The summed E-state index contributed by atoms with van der Waals surface area (Å²) in [5.74, 6) is 4.29. The average molecular weight is 909 g/mol. The van der Waals surface area contributed by atoms with Crippen LogP contribution < -0.4 is 0 Å². The highest BCUT2D eigenvalue weighted by atomic mass is 16.6. The van der Waals surface area contributed by atoms with E-state index in [1.54, 1.807) is 6.42 Å². The van der Waals surface area contributed by atoms with Crippen LogP contribution in [0.3, 0.4) is 0 Å². The van der Waals surface area contributed by atoms with Crippen LogP contribution in [0.2, 0.25) is 0 Å². The van der Waals surface area contributed by atoms with E-state index in [2.05, 4.69) is 27.7 Å². The first-order valence-electron chi connectivity index (χ1n) is 18.1. The number of carbonyl (C=O) groups is 9. The van der Waals surface area contributed by atoms with Crippen molar-refractivity contribution in [2.24, 2.45) is 23.7 Å². The molecule has 0 amide bonds. The Morgan fingerprint density at radius 2 is 0.426 bits per heavy atom. The van der Waals surface area contributed by atoms with Gasteiger partial charge in [0.2, 0.25) is 0 Å². The van der Waals surface area contributed by atoms with Crippen LogP contribution >= 0.6 is 0 Å². The fourth-order valence-corrected chi connectivity index (χ4v) is 5.06. The minimum atomic E-state index is -1.83. The smallest absolute Gasteiger partial charge is 0.450 e. The Balaban J connectivity index is -0.0000000794. The highest BCUT2D eigenvalue weighted by Crippen LogP contribution is 2.50. The molecule has 0 bridgehead atoms. The van der Waals surface area contributed by atoms with E-state index in [-0.39, 0.29) is 0 Å². The largest absolute Gasteiger partial charge is 0.503 e. The normalized spacial score (nSPS) is 15.1. The van der Waals surface area contributed by atoms with Crippen molar-refractivity contribution in [3.8, 4) is 0 Å². The van der Waals surface area contributed by atoms with E-state index < -0.39 is 55.4 Å². The Labute approximate surface area is 351 Å². The van der Waals surface area contributed by atoms with E-state index in [1.807, 2.05) is 0 Å². The van der Waals surface area contributed by atoms with Gasteiger partial charge in [0.05, 0.1) is 0 Å². The lowest BCUT2D eigenvalue weighted by Gasteiger charge is -2.27. The van der Waals surface area contributed by atoms with Crippen molar-refractivity contribution in [3.05, 3.63) is 0 Å². The molecule has 27 nitrogen and oxygen atoms in total. The van der Waals surface area contributed by atoms with Crippen molar-refractivity contribution < 1.29 is 135 Å². The summed E-state index contributed by atoms with van der Waals surface area (Å²) in [4.78, 5) is 77.0. The fraction of sp³-hybridized carbons (Fsp3) is 0.735. The van der Waals surface area contributed by atoms with Gasteiger partial charge in [-0.1, -0.05) is 118 Å². The molecule has 0 spiro atoms. The van der Waals surface area contributed by atoms with Gasteiger partial charge in [0.15, 0.2) is 0 Å². The van der Waals surface area contributed by atoms with E-state index in [9.17, 15) is 0 Å². The quantitative estimate of drug-likeness (QED) is 0.0864. The van der Waals surface area contributed by atoms with Crippen molar-refractivity contribution >= 4 is 55.4 Å². The molecule has 4 atom stereocenters. The van der Waals surface area contributed by atoms with Crippen molar-refractivity contribution in [3.63, 3.8) is 0 Å². The van der Waals surface area contributed by atoms with Crippen LogP contribution in [0.1, 0.15) is 137 Å². The summed E-state index contributed by atoms with van der Waals surface area (Å²) in [6, 6.07) is 0. The van der Waals surface area contributed by atoms with Crippen molar-refractivity contribution in [2.45, 2.75) is 137 Å². The first kappa shape index (κ1) is 75.3. The van der Waals surface area contributed by atoms with Gasteiger partial charge in [-0.3, -0.25) is 0 Å². The maximum Gasteiger partial charge on any atom is 0.503 e. The number of carboxylic acid groups (broad SMARTS) is 18. The van der Waals surface area contributed by atoms with E-state index in [4.69, 9.17) is 135 Å². The van der Waals surface area contributed by atoms with Gasteiger partial charge in [0.25, 0.3) is 0 Å². The Bertz CT molecular complexity index is 843. The van der Waals surface area contributed by atoms with Crippen molar-refractivity contribution in [2.75, 3.05) is 0 Å². The van der Waals surface area contributed by atoms with Gasteiger partial charge in [-0.15, -0.1) is 0 Å². The molecule has 0 aromatic carbocycles. The van der Waals surface area contributed by atoms with Crippen LogP contribution in [0.15, 0.2) is 0 Å². The first-order chi connectivity index (χ1) is 27.9. The second-order valence-corrected chi connectivity index (χ2v) is 11.6. The fourth-order valence-electron chi connectivity index (χ4n) is 5.06. The lowest BCUT2D eigenvalue weighted by molar-refractivity contribution is 0.135. The second kappa shape index (κ2) is 60.1. The lowest BCUT2D eigenvalue weighted by atomic mass is 9.78. The molecule has 0 aromatic rings. The lowest BCUT2D eigenvalue weighted by Crippen LogP contribution is -2.18. The second-order valence-electron chi connectivity index (χ2n) is 11.6. The number of rotatable bonds is 12. The van der Waals surface area contributed by atoms with Gasteiger partial charge in [-0.2, -0.15) is 0 Å². The minimum absolute atomic E-state index is 1.07.